The molecule has 0 amide bonds. The van der Waals surface area contributed by atoms with Gasteiger partial charge in [0.1, 0.15) is 12.0 Å². The number of hydrogen-bond donors (Lipinski definition) is 1. The number of nitrogens with two attached hydrogens (primary N) is 1. The third-order valence-electron chi connectivity index (χ3n) is 2.51. The summed E-state index contributed by atoms with van der Waals surface area (Å²) in [6, 6.07) is 0. The first-order valence-electron chi connectivity index (χ1n) is 4.95. The van der Waals surface area contributed by atoms with Crippen LogP contribution < -0.4 is 10.6 Å². The molecule has 2 rings (SSSR count). The van der Waals surface area contributed by atoms with Gasteiger partial charge in [-0.1, -0.05) is 0 Å². The van der Waals surface area contributed by atoms with E-state index in [1.165, 1.54) is 6.33 Å². The van der Waals surface area contributed by atoms with Crippen molar-refractivity contribution in [1.29, 1.82) is 0 Å². The normalized spacial score (nSPS) is 26.7. The molecule has 15 heavy (non-hydrogen) atoms. The molecular formula is C9H14FN5. The Morgan fingerprint density at radius 2 is 2.33 bits per heavy atom. The molecule has 0 spiro atoms. The average molecular weight is 211 g/mol. The van der Waals surface area contributed by atoms with Gasteiger partial charge >= 0.3 is 0 Å². The van der Waals surface area contributed by atoms with Gasteiger partial charge in [0.05, 0.1) is 6.54 Å². The van der Waals surface area contributed by atoms with Gasteiger partial charge in [0.15, 0.2) is 0 Å². The van der Waals surface area contributed by atoms with Crippen LogP contribution in [0, 0.1) is 0 Å². The lowest BCUT2D eigenvalue weighted by atomic mass is 9.97. The highest BCUT2D eigenvalue weighted by Gasteiger charge is 2.31. The zero-order valence-corrected chi connectivity index (χ0v) is 8.65. The van der Waals surface area contributed by atoms with E-state index in [1.807, 2.05) is 4.90 Å². The van der Waals surface area contributed by atoms with Crippen LogP contribution in [0.2, 0.25) is 0 Å². The number of nitrogens with zero attached hydrogens (tertiary/aromatic N) is 4. The monoisotopic (exact) mass is 211 g/mol. The second-order valence-electron chi connectivity index (χ2n) is 4.08. The maximum Gasteiger partial charge on any atom is 0.230 e. The summed E-state index contributed by atoms with van der Waals surface area (Å²) in [5.41, 5.74) is 4.28. The standard InChI is InChI=1S/C9H14FN5/c1-9(10)3-2-4-15(5-9)8-13-6-12-7(11)14-8/h6H,2-5H2,1H3,(H2,11,12,13,14)/t9-/m1/s1. The van der Waals surface area contributed by atoms with E-state index >= 15 is 0 Å². The molecule has 2 heterocycles. The van der Waals surface area contributed by atoms with Crippen molar-refractivity contribution < 1.29 is 4.39 Å². The van der Waals surface area contributed by atoms with Gasteiger partial charge in [-0.15, -0.1) is 0 Å². The molecule has 5 nitrogen and oxygen atoms in total. The largest absolute Gasteiger partial charge is 0.368 e. The van der Waals surface area contributed by atoms with Crippen molar-refractivity contribution in [3.8, 4) is 0 Å². The van der Waals surface area contributed by atoms with Crippen LogP contribution in [0.4, 0.5) is 16.3 Å². The van der Waals surface area contributed by atoms with E-state index in [0.717, 1.165) is 13.0 Å². The Kier molecular flexibility index (Phi) is 2.42. The predicted molar refractivity (Wildman–Crippen MR) is 55.2 cm³/mol. The van der Waals surface area contributed by atoms with Crippen molar-refractivity contribution >= 4 is 11.9 Å². The van der Waals surface area contributed by atoms with Gasteiger partial charge in [-0.3, -0.25) is 0 Å². The number of aromatic nitrogens is 3. The number of hydrogen-bond acceptors (Lipinski definition) is 5. The number of anilines is 2. The summed E-state index contributed by atoms with van der Waals surface area (Å²) in [5.74, 6) is 0.636. The Hall–Kier alpha value is -1.46. The van der Waals surface area contributed by atoms with Crippen molar-refractivity contribution in [3.05, 3.63) is 6.33 Å². The molecule has 1 atom stereocenters. The molecule has 0 saturated carbocycles. The quantitative estimate of drug-likeness (QED) is 0.743. The van der Waals surface area contributed by atoms with Crippen LogP contribution in [-0.4, -0.2) is 33.7 Å². The molecular weight excluding hydrogens is 197 g/mol. The van der Waals surface area contributed by atoms with E-state index < -0.39 is 5.67 Å². The number of nitrogen functional groups attached to an aromatic ring is 1. The molecule has 1 aliphatic heterocycles. The van der Waals surface area contributed by atoms with E-state index in [9.17, 15) is 4.39 Å². The lowest BCUT2D eigenvalue weighted by Crippen LogP contribution is -2.44. The van der Waals surface area contributed by atoms with Gasteiger partial charge in [0.2, 0.25) is 11.9 Å². The van der Waals surface area contributed by atoms with Gasteiger partial charge in [0, 0.05) is 6.54 Å². The molecule has 1 aromatic heterocycles. The van der Waals surface area contributed by atoms with Crippen LogP contribution in [0.3, 0.4) is 0 Å². The Morgan fingerprint density at radius 3 is 3.00 bits per heavy atom. The summed E-state index contributed by atoms with van der Waals surface area (Å²) in [7, 11) is 0. The minimum atomic E-state index is -1.17. The minimum absolute atomic E-state index is 0.172. The van der Waals surface area contributed by atoms with Crippen LogP contribution in [0.1, 0.15) is 19.8 Å². The molecule has 2 N–H and O–H groups in total. The Labute approximate surface area is 87.5 Å². The highest BCUT2D eigenvalue weighted by Crippen LogP contribution is 2.26. The van der Waals surface area contributed by atoms with Gasteiger partial charge < -0.3 is 10.6 Å². The second-order valence-corrected chi connectivity index (χ2v) is 4.08. The zero-order valence-electron chi connectivity index (χ0n) is 8.65. The molecule has 6 heteroatoms. The fraction of sp³-hybridized carbons (Fsp3) is 0.667. The molecule has 0 aliphatic carbocycles. The van der Waals surface area contributed by atoms with Gasteiger partial charge in [-0.25, -0.2) is 14.4 Å². The molecule has 0 radical (unpaired) electrons. The smallest absolute Gasteiger partial charge is 0.230 e. The number of piperidine rings is 1. The molecule has 0 aromatic carbocycles. The molecule has 0 bridgehead atoms. The van der Waals surface area contributed by atoms with Gasteiger partial charge in [-0.05, 0) is 19.8 Å². The Morgan fingerprint density at radius 1 is 1.53 bits per heavy atom. The van der Waals surface area contributed by atoms with E-state index in [2.05, 4.69) is 15.0 Å². The third-order valence-corrected chi connectivity index (χ3v) is 2.51. The number of halogens is 1. The SMILES string of the molecule is C[C@@]1(F)CCCN(c2ncnc(N)n2)C1. The topological polar surface area (TPSA) is 67.9 Å². The molecule has 1 fully saturated rings. The summed E-state index contributed by atoms with van der Waals surface area (Å²) in [6.07, 6.45) is 2.74. The van der Waals surface area contributed by atoms with Crippen LogP contribution in [0.15, 0.2) is 6.33 Å². The van der Waals surface area contributed by atoms with Crippen molar-refractivity contribution in [2.75, 3.05) is 23.7 Å². The first-order valence-corrected chi connectivity index (χ1v) is 4.95. The van der Waals surface area contributed by atoms with Crippen LogP contribution in [0.5, 0.6) is 0 Å². The lowest BCUT2D eigenvalue weighted by molar-refractivity contribution is 0.159. The molecule has 1 aromatic rings. The average Bonchev–Trinajstić information content (AvgIpc) is 2.16. The van der Waals surface area contributed by atoms with E-state index in [4.69, 9.17) is 5.73 Å². The van der Waals surface area contributed by atoms with Gasteiger partial charge in [0.25, 0.3) is 0 Å². The Balaban J connectivity index is 2.17. The van der Waals surface area contributed by atoms with Crippen molar-refractivity contribution in [2.24, 2.45) is 0 Å². The summed E-state index contributed by atoms with van der Waals surface area (Å²) in [6.45, 7) is 2.68. The second kappa shape index (κ2) is 3.60. The van der Waals surface area contributed by atoms with E-state index in [0.29, 0.717) is 18.9 Å². The number of alkyl halides is 1. The third kappa shape index (κ3) is 2.31. The summed E-state index contributed by atoms with van der Waals surface area (Å²) < 4.78 is 13.8. The van der Waals surface area contributed by atoms with Gasteiger partial charge in [-0.2, -0.15) is 4.98 Å². The molecule has 1 aliphatic rings. The summed E-state index contributed by atoms with van der Waals surface area (Å²) in [4.78, 5) is 13.5. The van der Waals surface area contributed by atoms with Crippen molar-refractivity contribution in [3.63, 3.8) is 0 Å². The maximum absolute atomic E-state index is 13.8. The fourth-order valence-electron chi connectivity index (χ4n) is 1.82. The summed E-state index contributed by atoms with van der Waals surface area (Å²) >= 11 is 0. The molecule has 0 unspecified atom stereocenters. The molecule has 1 saturated heterocycles. The number of rotatable bonds is 1. The molecule has 82 valence electrons. The van der Waals surface area contributed by atoms with E-state index in [1.54, 1.807) is 6.92 Å². The highest BCUT2D eigenvalue weighted by atomic mass is 19.1. The zero-order chi connectivity index (χ0) is 10.9. The first-order chi connectivity index (χ1) is 7.07. The first kappa shape index (κ1) is 10.1. The predicted octanol–water partition coefficient (Wildman–Crippen LogP) is 0.782. The lowest BCUT2D eigenvalue weighted by Gasteiger charge is -2.34. The summed E-state index contributed by atoms with van der Waals surface area (Å²) in [5, 5.41) is 0. The van der Waals surface area contributed by atoms with Crippen LogP contribution in [-0.2, 0) is 0 Å². The van der Waals surface area contributed by atoms with Crippen LogP contribution in [0.25, 0.3) is 0 Å². The van der Waals surface area contributed by atoms with Crippen molar-refractivity contribution in [1.82, 2.24) is 15.0 Å². The van der Waals surface area contributed by atoms with Crippen molar-refractivity contribution in [2.45, 2.75) is 25.4 Å². The Bertz CT molecular complexity index is 354. The maximum atomic E-state index is 13.8. The van der Waals surface area contributed by atoms with E-state index in [-0.39, 0.29) is 5.95 Å². The highest BCUT2D eigenvalue weighted by molar-refractivity contribution is 5.34. The van der Waals surface area contributed by atoms with Crippen LogP contribution >= 0.6 is 0 Å². The minimum Gasteiger partial charge on any atom is -0.368 e. The fourth-order valence-corrected chi connectivity index (χ4v) is 1.82.